The highest BCUT2D eigenvalue weighted by atomic mass is 35.5. The largest absolute Gasteiger partial charge is 0.293 e. The number of Topliss-reactive ketones (excluding diaryl/α,β-unsaturated/α-hetero) is 1. The van der Waals surface area contributed by atoms with E-state index in [2.05, 4.69) is 4.99 Å². The van der Waals surface area contributed by atoms with Crippen LogP contribution in [0.3, 0.4) is 0 Å². The second-order valence-electron chi connectivity index (χ2n) is 6.87. The third-order valence-electron chi connectivity index (χ3n) is 5.29. The third-order valence-corrected chi connectivity index (χ3v) is 7.72. The number of aliphatic imine (C=N–C) groups is 1. The van der Waals surface area contributed by atoms with E-state index in [9.17, 15) is 13.2 Å². The van der Waals surface area contributed by atoms with Crippen LogP contribution in [0.25, 0.3) is 0 Å². The lowest BCUT2D eigenvalue weighted by Crippen LogP contribution is -2.29. The van der Waals surface area contributed by atoms with E-state index in [0.29, 0.717) is 33.1 Å². The summed E-state index contributed by atoms with van der Waals surface area (Å²) in [7, 11) is -3.87. The Morgan fingerprint density at radius 3 is 2.21 bits per heavy atom. The molecule has 3 aromatic rings. The Morgan fingerprint density at radius 1 is 0.821 bits per heavy atom. The van der Waals surface area contributed by atoms with Gasteiger partial charge in [0.25, 0.3) is 0 Å². The minimum absolute atomic E-state index is 0.141. The van der Waals surface area contributed by atoms with Crippen LogP contribution in [0.2, 0.25) is 5.02 Å². The second-order valence-corrected chi connectivity index (χ2v) is 9.34. The molecule has 0 saturated heterocycles. The summed E-state index contributed by atoms with van der Waals surface area (Å²) in [4.78, 5) is 18.1. The number of rotatable bonds is 1. The maximum absolute atomic E-state index is 13.7. The van der Waals surface area contributed by atoms with Gasteiger partial charge in [-0.05, 0) is 29.8 Å². The summed E-state index contributed by atoms with van der Waals surface area (Å²) in [5.41, 5.74) is 2.61. The molecule has 1 aliphatic carbocycles. The number of ketones is 1. The Kier molecular flexibility index (Phi) is 3.79. The zero-order valence-electron chi connectivity index (χ0n) is 14.5. The number of benzene rings is 3. The van der Waals surface area contributed by atoms with Crippen LogP contribution >= 0.6 is 11.6 Å². The smallest absolute Gasteiger partial charge is 0.188 e. The van der Waals surface area contributed by atoms with Gasteiger partial charge in [0.2, 0.25) is 0 Å². The van der Waals surface area contributed by atoms with Crippen LogP contribution in [0.15, 0.2) is 82.7 Å². The fourth-order valence-electron chi connectivity index (χ4n) is 4.05. The quantitative estimate of drug-likeness (QED) is 0.582. The predicted molar refractivity (Wildman–Crippen MR) is 108 cm³/mol. The van der Waals surface area contributed by atoms with Gasteiger partial charge in [-0.1, -0.05) is 60.1 Å². The number of nitrogens with zero attached hydrogens (tertiary/aromatic N) is 1. The van der Waals surface area contributed by atoms with Crippen molar-refractivity contribution in [1.29, 1.82) is 0 Å². The van der Waals surface area contributed by atoms with E-state index in [0.717, 1.165) is 0 Å². The van der Waals surface area contributed by atoms with Crippen molar-refractivity contribution in [3.63, 3.8) is 0 Å². The van der Waals surface area contributed by atoms with Gasteiger partial charge in [0, 0.05) is 16.1 Å². The number of hydrogen-bond acceptors (Lipinski definition) is 4. The number of carbonyl (C=O) groups is 1. The minimum atomic E-state index is -3.87. The van der Waals surface area contributed by atoms with Crippen molar-refractivity contribution >= 4 is 38.6 Å². The summed E-state index contributed by atoms with van der Waals surface area (Å²) in [6, 6.07) is 20.4. The number of para-hydroxylation sites is 1. The molecular weight excluding hydrogens is 394 g/mol. The number of sulfone groups is 1. The standard InChI is InChI=1S/C22H14ClNO3S/c23-14-11-9-13(10-12-14)22-19-20(15-5-1-2-6-16(15)21(19)25)24-17-7-3-4-8-18(17)28(22,26)27/h1-12,19,22H. The molecule has 0 bridgehead atoms. The molecule has 0 fully saturated rings. The van der Waals surface area contributed by atoms with Gasteiger partial charge >= 0.3 is 0 Å². The van der Waals surface area contributed by atoms with Crippen molar-refractivity contribution in [2.75, 3.05) is 0 Å². The molecule has 0 aromatic heterocycles. The van der Waals surface area contributed by atoms with Crippen molar-refractivity contribution in [2.24, 2.45) is 10.9 Å². The van der Waals surface area contributed by atoms with Gasteiger partial charge in [-0.3, -0.25) is 9.79 Å². The Balaban J connectivity index is 1.86. The first kappa shape index (κ1) is 17.3. The second kappa shape index (κ2) is 6.12. The monoisotopic (exact) mass is 407 g/mol. The highest BCUT2D eigenvalue weighted by Crippen LogP contribution is 2.47. The fourth-order valence-corrected chi connectivity index (χ4v) is 6.25. The molecule has 2 atom stereocenters. The van der Waals surface area contributed by atoms with E-state index >= 15 is 0 Å². The average molecular weight is 408 g/mol. The van der Waals surface area contributed by atoms with Crippen LogP contribution in [0.1, 0.15) is 26.7 Å². The van der Waals surface area contributed by atoms with E-state index < -0.39 is 21.0 Å². The topological polar surface area (TPSA) is 63.6 Å². The normalized spacial score (nSPS) is 21.9. The molecule has 2 unspecified atom stereocenters. The third kappa shape index (κ3) is 2.40. The molecule has 1 aliphatic heterocycles. The van der Waals surface area contributed by atoms with Crippen LogP contribution in [-0.2, 0) is 9.84 Å². The van der Waals surface area contributed by atoms with Crippen molar-refractivity contribution < 1.29 is 13.2 Å². The lowest BCUT2D eigenvalue weighted by molar-refractivity contribution is 0.0958. The van der Waals surface area contributed by atoms with E-state index in [1.165, 1.54) is 0 Å². The van der Waals surface area contributed by atoms with Crippen LogP contribution in [0, 0.1) is 5.92 Å². The molecule has 3 aromatic carbocycles. The highest BCUT2D eigenvalue weighted by Gasteiger charge is 2.50. The highest BCUT2D eigenvalue weighted by molar-refractivity contribution is 7.92. The molecule has 2 aliphatic rings. The van der Waals surface area contributed by atoms with Gasteiger partial charge in [-0.2, -0.15) is 0 Å². The molecule has 4 nitrogen and oxygen atoms in total. The Morgan fingerprint density at radius 2 is 1.46 bits per heavy atom. The lowest BCUT2D eigenvalue weighted by atomic mass is 9.93. The molecule has 6 heteroatoms. The lowest BCUT2D eigenvalue weighted by Gasteiger charge is -2.22. The molecule has 1 heterocycles. The Bertz CT molecular complexity index is 1260. The zero-order chi connectivity index (χ0) is 19.5. The minimum Gasteiger partial charge on any atom is -0.293 e. The summed E-state index contributed by atoms with van der Waals surface area (Å²) < 4.78 is 27.4. The van der Waals surface area contributed by atoms with Crippen LogP contribution in [0.4, 0.5) is 5.69 Å². The summed E-state index contributed by atoms with van der Waals surface area (Å²) in [6.45, 7) is 0. The molecule has 0 N–H and O–H groups in total. The van der Waals surface area contributed by atoms with Crippen LogP contribution in [-0.4, -0.2) is 19.9 Å². The summed E-state index contributed by atoms with van der Waals surface area (Å²) >= 11 is 6.01. The summed E-state index contributed by atoms with van der Waals surface area (Å²) in [5.74, 6) is -1.11. The first-order valence-corrected chi connectivity index (χ1v) is 10.7. The summed E-state index contributed by atoms with van der Waals surface area (Å²) in [5, 5.41) is -0.558. The number of hydrogen-bond donors (Lipinski definition) is 0. The molecule has 5 rings (SSSR count). The van der Waals surface area contributed by atoms with Gasteiger partial charge < -0.3 is 0 Å². The number of fused-ring (bicyclic) bond motifs is 4. The molecule has 28 heavy (non-hydrogen) atoms. The maximum Gasteiger partial charge on any atom is 0.188 e. The molecule has 0 spiro atoms. The van der Waals surface area contributed by atoms with Gasteiger partial charge in [0.05, 0.1) is 22.2 Å². The van der Waals surface area contributed by atoms with Crippen LogP contribution in [0.5, 0.6) is 0 Å². The van der Waals surface area contributed by atoms with Crippen LogP contribution < -0.4 is 0 Å². The molecule has 138 valence electrons. The Hall–Kier alpha value is -2.76. The van der Waals surface area contributed by atoms with Crippen molar-refractivity contribution in [1.82, 2.24) is 0 Å². The molecular formula is C22H14ClNO3S. The fraction of sp³-hybridized carbons (Fsp3) is 0.0909. The summed E-state index contributed by atoms with van der Waals surface area (Å²) in [6.07, 6.45) is 0. The SMILES string of the molecule is O=C1c2ccccc2C2=Nc3ccccc3S(=O)(=O)C(c3ccc(Cl)cc3)C12. The average Bonchev–Trinajstić information content (AvgIpc) is 2.90. The zero-order valence-corrected chi connectivity index (χ0v) is 16.1. The molecule has 0 amide bonds. The van der Waals surface area contributed by atoms with E-state index in [4.69, 9.17) is 11.6 Å². The van der Waals surface area contributed by atoms with Gasteiger partial charge in [0.1, 0.15) is 5.25 Å². The maximum atomic E-state index is 13.7. The van der Waals surface area contributed by atoms with E-state index in [1.54, 1.807) is 60.7 Å². The first-order valence-electron chi connectivity index (χ1n) is 8.79. The van der Waals surface area contributed by atoms with E-state index in [1.807, 2.05) is 12.1 Å². The van der Waals surface area contributed by atoms with Gasteiger partial charge in [-0.25, -0.2) is 8.42 Å². The molecule has 0 saturated carbocycles. The van der Waals surface area contributed by atoms with Gasteiger partial charge in [0.15, 0.2) is 15.6 Å². The molecule has 0 radical (unpaired) electrons. The van der Waals surface area contributed by atoms with Crippen molar-refractivity contribution in [2.45, 2.75) is 10.1 Å². The predicted octanol–water partition coefficient (Wildman–Crippen LogP) is 4.80. The number of halogens is 1. The van der Waals surface area contributed by atoms with Crippen molar-refractivity contribution in [3.05, 3.63) is 94.5 Å². The van der Waals surface area contributed by atoms with E-state index in [-0.39, 0.29) is 10.7 Å². The Labute approximate surface area is 167 Å². The first-order chi connectivity index (χ1) is 13.5. The number of carbonyl (C=O) groups excluding carboxylic acids is 1. The van der Waals surface area contributed by atoms with Crippen molar-refractivity contribution in [3.8, 4) is 0 Å². The van der Waals surface area contributed by atoms with Gasteiger partial charge in [-0.15, -0.1) is 0 Å².